The Morgan fingerprint density at radius 2 is 1.75 bits per heavy atom. The average Bonchev–Trinajstić information content (AvgIpc) is 3.98. The number of nitrogens with zero attached hydrogens (tertiary/aromatic N) is 3. The largest absolute Gasteiger partial charge is 0.545 e. The topological polar surface area (TPSA) is 115 Å². The molecule has 3 aliphatic heterocycles. The highest BCUT2D eigenvalue weighted by molar-refractivity contribution is 6.35. The number of benzene rings is 3. The molecule has 2 bridgehead atoms. The fraction of sp³-hybridized carbons (Fsp3) is 0.375. The number of hydrogen-bond donors (Lipinski definition) is 1. The number of para-hydroxylation sites is 1. The molecule has 8 rings (SSSR count). The van der Waals surface area contributed by atoms with E-state index in [4.69, 9.17) is 37.4 Å². The SMILES string of the molecule is COc1ccc([C@@H](Cc2c(Cl)c[n+](O)cc2Cl)c2c(CN(C(=O)O[C@H]3CN4CCC3CC4)c3ccccc3F)cccc2C(=O)[O-])cc1OCC1CC1. The standard InChI is InChI=1S/C40H40Cl2FN3O7/c1-51-35-12-11-26(17-36(35)52-23-24-9-10-24)29(18-30-31(41)20-45(50)21-32(30)42)38-27(5-4-6-28(38)39(47)48)19-46(34-8-3-2-7-33(34)43)40(49)53-37-22-44-15-13-25(37)14-16-44/h2-8,11-12,17,20-21,24-25,29,37H,9-10,13-16,18-19,22-23H2,1H3,(H-,47,48,50)/t29-,37+/m1/s1. The summed E-state index contributed by atoms with van der Waals surface area (Å²) in [6.07, 6.45) is 5.50. The fourth-order valence-corrected chi connectivity index (χ4v) is 8.11. The van der Waals surface area contributed by atoms with Crippen LogP contribution in [0.25, 0.3) is 0 Å². The van der Waals surface area contributed by atoms with Crippen molar-refractivity contribution in [2.24, 2.45) is 11.8 Å². The number of pyridine rings is 1. The zero-order valence-corrected chi connectivity index (χ0v) is 30.7. The van der Waals surface area contributed by atoms with Gasteiger partial charge < -0.3 is 24.1 Å². The molecule has 278 valence electrons. The summed E-state index contributed by atoms with van der Waals surface area (Å²) < 4.78 is 34.3. The van der Waals surface area contributed by atoms with Crippen molar-refractivity contribution in [3.05, 3.63) is 117 Å². The van der Waals surface area contributed by atoms with Crippen LogP contribution in [0, 0.1) is 17.7 Å². The minimum absolute atomic E-state index is 0.0120. The third-order valence-electron chi connectivity index (χ3n) is 10.5. The minimum atomic E-state index is -1.45. The number of carbonyl (C=O) groups is 2. The lowest BCUT2D eigenvalue weighted by molar-refractivity contribution is -0.904. The number of amides is 1. The molecule has 53 heavy (non-hydrogen) atoms. The van der Waals surface area contributed by atoms with Crippen LogP contribution in [0.2, 0.25) is 10.0 Å². The number of fused-ring (bicyclic) bond motifs is 3. The van der Waals surface area contributed by atoms with Crippen LogP contribution in [-0.4, -0.2) is 61.6 Å². The third-order valence-corrected chi connectivity index (χ3v) is 11.2. The van der Waals surface area contributed by atoms with Crippen molar-refractivity contribution < 1.29 is 43.2 Å². The van der Waals surface area contributed by atoms with Gasteiger partial charge >= 0.3 is 6.09 Å². The maximum atomic E-state index is 15.6. The highest BCUT2D eigenvalue weighted by Crippen LogP contribution is 2.42. The number of ether oxygens (including phenoxy) is 3. The van der Waals surface area contributed by atoms with E-state index in [-0.39, 0.29) is 46.3 Å². The number of carbonyl (C=O) groups excluding carboxylic acids is 2. The molecular weight excluding hydrogens is 724 g/mol. The van der Waals surface area contributed by atoms with Crippen LogP contribution in [0.1, 0.15) is 64.2 Å². The zero-order chi connectivity index (χ0) is 37.2. The molecule has 1 aliphatic carbocycles. The van der Waals surface area contributed by atoms with Crippen LogP contribution in [-0.2, 0) is 17.7 Å². The van der Waals surface area contributed by atoms with Gasteiger partial charge in [-0.05, 0) is 98.0 Å². The molecule has 3 aromatic carbocycles. The number of carboxylic acids is 1. The quantitative estimate of drug-likeness (QED) is 0.122. The van der Waals surface area contributed by atoms with Crippen molar-refractivity contribution in [3.8, 4) is 11.5 Å². The van der Waals surface area contributed by atoms with Gasteiger partial charge in [0.15, 0.2) is 11.5 Å². The van der Waals surface area contributed by atoms with Crippen molar-refractivity contribution in [3.63, 3.8) is 0 Å². The van der Waals surface area contributed by atoms with Gasteiger partial charge in [-0.3, -0.25) is 15.0 Å². The van der Waals surface area contributed by atoms with E-state index in [0.29, 0.717) is 52.8 Å². The van der Waals surface area contributed by atoms with Gasteiger partial charge in [0, 0.05) is 28.3 Å². The molecule has 1 amide bonds. The Kier molecular flexibility index (Phi) is 11.0. The van der Waals surface area contributed by atoms with Gasteiger partial charge in [0.1, 0.15) is 22.0 Å². The lowest BCUT2D eigenvalue weighted by Crippen LogP contribution is -2.53. The van der Waals surface area contributed by atoms with Crippen LogP contribution in [0.15, 0.2) is 73.1 Å². The molecule has 2 atom stereocenters. The van der Waals surface area contributed by atoms with E-state index in [1.54, 1.807) is 43.5 Å². The van der Waals surface area contributed by atoms with Gasteiger partial charge in [0.05, 0.1) is 31.9 Å². The predicted octanol–water partition coefficient (Wildman–Crippen LogP) is 6.43. The Labute approximate surface area is 317 Å². The molecule has 0 unspecified atom stereocenters. The number of piperidine rings is 3. The lowest BCUT2D eigenvalue weighted by atomic mass is 9.80. The third kappa shape index (κ3) is 8.17. The molecule has 1 N–H and O–H groups in total. The van der Waals surface area contributed by atoms with Crippen LogP contribution < -0.4 is 24.2 Å². The van der Waals surface area contributed by atoms with Crippen LogP contribution in [0.5, 0.6) is 11.5 Å². The van der Waals surface area contributed by atoms with Crippen molar-refractivity contribution in [2.45, 2.75) is 50.7 Å². The normalized spacial score (nSPS) is 19.7. The van der Waals surface area contributed by atoms with E-state index in [1.165, 1.54) is 41.6 Å². The first-order valence-corrected chi connectivity index (χ1v) is 18.5. The van der Waals surface area contributed by atoms with Crippen LogP contribution >= 0.6 is 23.2 Å². The fourth-order valence-electron chi connectivity index (χ4n) is 7.51. The first-order chi connectivity index (χ1) is 25.6. The second-order valence-corrected chi connectivity index (χ2v) is 14.8. The molecule has 4 heterocycles. The number of aromatic carboxylic acids is 1. The van der Waals surface area contributed by atoms with Gasteiger partial charge in [-0.25, -0.2) is 9.18 Å². The summed E-state index contributed by atoms with van der Waals surface area (Å²) in [5.74, 6) is -1.24. The van der Waals surface area contributed by atoms with E-state index in [2.05, 4.69) is 4.90 Å². The molecule has 1 saturated carbocycles. The molecule has 13 heteroatoms. The summed E-state index contributed by atoms with van der Waals surface area (Å²) in [5, 5.41) is 23.4. The van der Waals surface area contributed by atoms with Gasteiger partial charge in [0.25, 0.3) is 0 Å². The van der Waals surface area contributed by atoms with Gasteiger partial charge in [-0.1, -0.05) is 59.6 Å². The molecule has 3 saturated heterocycles. The number of rotatable bonds is 13. The minimum Gasteiger partial charge on any atom is -0.545 e. The molecule has 10 nitrogen and oxygen atoms in total. The van der Waals surface area contributed by atoms with Crippen molar-refractivity contribution in [2.75, 3.05) is 38.3 Å². The lowest BCUT2D eigenvalue weighted by Gasteiger charge is -2.44. The van der Waals surface area contributed by atoms with E-state index in [9.17, 15) is 19.9 Å². The monoisotopic (exact) mass is 763 g/mol. The van der Waals surface area contributed by atoms with E-state index < -0.39 is 23.8 Å². The highest BCUT2D eigenvalue weighted by atomic mass is 35.5. The molecule has 4 fully saturated rings. The Bertz CT molecular complexity index is 1980. The second-order valence-electron chi connectivity index (χ2n) is 14.0. The van der Waals surface area contributed by atoms with E-state index in [1.807, 2.05) is 0 Å². The molecular formula is C40H40Cl2FN3O7. The van der Waals surface area contributed by atoms with Crippen LogP contribution in [0.3, 0.4) is 0 Å². The first-order valence-electron chi connectivity index (χ1n) is 17.8. The van der Waals surface area contributed by atoms with E-state index >= 15 is 4.39 Å². The average molecular weight is 765 g/mol. The maximum absolute atomic E-state index is 15.6. The summed E-state index contributed by atoms with van der Waals surface area (Å²) in [6, 6.07) is 16.0. The summed E-state index contributed by atoms with van der Waals surface area (Å²) in [6.45, 7) is 2.76. The summed E-state index contributed by atoms with van der Waals surface area (Å²) >= 11 is 13.3. The number of hydrogen-bond acceptors (Lipinski definition) is 8. The van der Waals surface area contributed by atoms with Crippen LogP contribution in [0.4, 0.5) is 14.9 Å². The van der Waals surface area contributed by atoms with Crippen molar-refractivity contribution in [1.82, 2.24) is 4.90 Å². The number of aromatic nitrogens is 1. The molecule has 1 aromatic heterocycles. The Morgan fingerprint density at radius 3 is 2.40 bits per heavy atom. The van der Waals surface area contributed by atoms with Crippen molar-refractivity contribution >= 4 is 41.0 Å². The Hall–Kier alpha value is -4.58. The zero-order valence-electron chi connectivity index (χ0n) is 29.2. The van der Waals surface area contributed by atoms with Crippen molar-refractivity contribution in [1.29, 1.82) is 0 Å². The number of halogens is 3. The van der Waals surface area contributed by atoms with Gasteiger partial charge in [-0.2, -0.15) is 0 Å². The van der Waals surface area contributed by atoms with E-state index in [0.717, 1.165) is 43.5 Å². The van der Waals surface area contributed by atoms with Gasteiger partial charge in [0.2, 0.25) is 12.4 Å². The smallest absolute Gasteiger partial charge is 0.415 e. The molecule has 4 aliphatic rings. The molecule has 4 aromatic rings. The van der Waals surface area contributed by atoms with Gasteiger partial charge in [-0.15, -0.1) is 0 Å². The number of anilines is 1. The number of methoxy groups -OCH3 is 1. The summed E-state index contributed by atoms with van der Waals surface area (Å²) in [4.78, 5) is 30.6. The Balaban J connectivity index is 1.35. The Morgan fingerprint density at radius 1 is 1.02 bits per heavy atom. The predicted molar refractivity (Wildman–Crippen MR) is 193 cm³/mol. The number of carboxylic acid groups (broad SMARTS) is 1. The molecule has 0 radical (unpaired) electrons. The highest BCUT2D eigenvalue weighted by Gasteiger charge is 2.38. The summed E-state index contributed by atoms with van der Waals surface area (Å²) in [5.41, 5.74) is 1.63. The first kappa shape index (κ1) is 36.8. The summed E-state index contributed by atoms with van der Waals surface area (Å²) in [7, 11) is 1.54. The molecule has 0 spiro atoms. The second kappa shape index (κ2) is 15.8. The maximum Gasteiger partial charge on any atom is 0.415 e.